The molecule has 2 aromatic rings. The van der Waals surface area contributed by atoms with Crippen LogP contribution in [0.4, 0.5) is 0 Å². The van der Waals surface area contributed by atoms with Gasteiger partial charge in [0.2, 0.25) is 5.88 Å². The van der Waals surface area contributed by atoms with Crippen molar-refractivity contribution in [2.24, 2.45) is 0 Å². The molecule has 0 spiro atoms. The van der Waals surface area contributed by atoms with E-state index in [1.54, 1.807) is 6.20 Å². The van der Waals surface area contributed by atoms with Crippen LogP contribution in [0, 0.1) is 0 Å². The minimum absolute atomic E-state index is 0.111. The van der Waals surface area contributed by atoms with Gasteiger partial charge in [0, 0.05) is 17.5 Å². The van der Waals surface area contributed by atoms with E-state index in [0.29, 0.717) is 5.92 Å². The van der Waals surface area contributed by atoms with E-state index >= 15 is 0 Å². The van der Waals surface area contributed by atoms with Crippen molar-refractivity contribution in [2.45, 2.75) is 12.3 Å². The zero-order valence-electron chi connectivity index (χ0n) is 9.38. The van der Waals surface area contributed by atoms with E-state index in [-0.39, 0.29) is 5.88 Å². The molecule has 3 rings (SSSR count). The number of benzene rings is 1. The van der Waals surface area contributed by atoms with Gasteiger partial charge in [-0.15, -0.1) is 0 Å². The normalized spacial score (nSPS) is 18.7. The molecule has 1 atom stereocenters. The highest BCUT2D eigenvalue weighted by Crippen LogP contribution is 2.33. The first kappa shape index (κ1) is 10.1. The standard InChI is InChI=1S/C15H13NO/c17-15-13-9-5-4-8-12(13)14(10-16-15)11-6-2-1-3-7-11/h1-6,8-11H,7H2,(H,16,17). The number of rotatable bonds is 1. The molecule has 1 aliphatic rings. The van der Waals surface area contributed by atoms with Gasteiger partial charge in [-0.3, -0.25) is 0 Å². The molecule has 0 saturated heterocycles. The van der Waals surface area contributed by atoms with Gasteiger partial charge in [-0.1, -0.05) is 42.5 Å². The molecule has 84 valence electrons. The van der Waals surface area contributed by atoms with Crippen molar-refractivity contribution in [1.29, 1.82) is 0 Å². The molecule has 0 bridgehead atoms. The summed E-state index contributed by atoms with van der Waals surface area (Å²) >= 11 is 0. The topological polar surface area (TPSA) is 33.1 Å². The fourth-order valence-electron chi connectivity index (χ4n) is 2.31. The summed E-state index contributed by atoms with van der Waals surface area (Å²) < 4.78 is 0. The number of aromatic hydroxyl groups is 1. The monoisotopic (exact) mass is 223 g/mol. The summed E-state index contributed by atoms with van der Waals surface area (Å²) in [5.41, 5.74) is 1.18. The zero-order chi connectivity index (χ0) is 11.7. The maximum Gasteiger partial charge on any atom is 0.218 e. The van der Waals surface area contributed by atoms with E-state index in [9.17, 15) is 5.11 Å². The Morgan fingerprint density at radius 1 is 1.12 bits per heavy atom. The van der Waals surface area contributed by atoms with Crippen LogP contribution >= 0.6 is 0 Å². The van der Waals surface area contributed by atoms with E-state index in [1.807, 2.05) is 24.3 Å². The first-order chi connectivity index (χ1) is 8.36. The van der Waals surface area contributed by atoms with Crippen LogP contribution in [0.25, 0.3) is 10.8 Å². The highest BCUT2D eigenvalue weighted by Gasteiger charge is 2.13. The molecular weight excluding hydrogens is 210 g/mol. The molecule has 1 unspecified atom stereocenters. The molecule has 1 aliphatic carbocycles. The van der Waals surface area contributed by atoms with Crippen LogP contribution in [0.1, 0.15) is 17.9 Å². The maximum atomic E-state index is 9.75. The van der Waals surface area contributed by atoms with Gasteiger partial charge >= 0.3 is 0 Å². The van der Waals surface area contributed by atoms with E-state index in [1.165, 1.54) is 5.56 Å². The molecule has 1 heterocycles. The van der Waals surface area contributed by atoms with Gasteiger partial charge in [0.15, 0.2) is 0 Å². The lowest BCUT2D eigenvalue weighted by Gasteiger charge is -2.15. The fraction of sp³-hybridized carbons (Fsp3) is 0.133. The van der Waals surface area contributed by atoms with E-state index < -0.39 is 0 Å². The van der Waals surface area contributed by atoms with Gasteiger partial charge in [0.05, 0.1) is 0 Å². The summed E-state index contributed by atoms with van der Waals surface area (Å²) in [5, 5.41) is 11.7. The molecule has 0 radical (unpaired) electrons. The zero-order valence-corrected chi connectivity index (χ0v) is 9.38. The van der Waals surface area contributed by atoms with Gasteiger partial charge in [0.1, 0.15) is 0 Å². The Kier molecular flexibility index (Phi) is 2.41. The quantitative estimate of drug-likeness (QED) is 0.802. The van der Waals surface area contributed by atoms with Crippen LogP contribution < -0.4 is 0 Å². The Balaban J connectivity index is 2.20. The van der Waals surface area contributed by atoms with Crippen LogP contribution in [-0.4, -0.2) is 10.1 Å². The largest absolute Gasteiger partial charge is 0.493 e. The summed E-state index contributed by atoms with van der Waals surface area (Å²) in [4.78, 5) is 4.08. The third-order valence-corrected chi connectivity index (χ3v) is 3.18. The maximum absolute atomic E-state index is 9.75. The number of hydrogen-bond donors (Lipinski definition) is 1. The number of fused-ring (bicyclic) bond motifs is 1. The summed E-state index contributed by atoms with van der Waals surface area (Å²) in [6, 6.07) is 7.86. The van der Waals surface area contributed by atoms with Crippen molar-refractivity contribution in [3.63, 3.8) is 0 Å². The Bertz CT molecular complexity index is 613. The van der Waals surface area contributed by atoms with E-state index in [0.717, 1.165) is 17.2 Å². The second-order valence-corrected chi connectivity index (χ2v) is 4.24. The summed E-state index contributed by atoms with van der Waals surface area (Å²) in [6.07, 6.45) is 11.2. The van der Waals surface area contributed by atoms with E-state index in [4.69, 9.17) is 0 Å². The van der Waals surface area contributed by atoms with Gasteiger partial charge in [-0.25, -0.2) is 4.98 Å². The number of allylic oxidation sites excluding steroid dienone is 4. The van der Waals surface area contributed by atoms with Crippen LogP contribution in [0.5, 0.6) is 5.88 Å². The molecule has 2 nitrogen and oxygen atoms in total. The van der Waals surface area contributed by atoms with Crippen molar-refractivity contribution in [3.8, 4) is 5.88 Å². The highest BCUT2D eigenvalue weighted by atomic mass is 16.3. The molecule has 17 heavy (non-hydrogen) atoms. The third-order valence-electron chi connectivity index (χ3n) is 3.18. The van der Waals surface area contributed by atoms with Crippen LogP contribution in [0.2, 0.25) is 0 Å². The smallest absolute Gasteiger partial charge is 0.218 e. The number of hydrogen-bond acceptors (Lipinski definition) is 2. The molecule has 0 fully saturated rings. The lowest BCUT2D eigenvalue weighted by molar-refractivity contribution is 0.460. The van der Waals surface area contributed by atoms with Gasteiger partial charge < -0.3 is 5.11 Å². The van der Waals surface area contributed by atoms with Crippen LogP contribution in [0.3, 0.4) is 0 Å². The summed E-state index contributed by atoms with van der Waals surface area (Å²) in [7, 11) is 0. The average Bonchev–Trinajstić information content (AvgIpc) is 2.41. The second kappa shape index (κ2) is 4.06. The van der Waals surface area contributed by atoms with Crippen LogP contribution in [-0.2, 0) is 0 Å². The Morgan fingerprint density at radius 2 is 1.94 bits per heavy atom. The SMILES string of the molecule is Oc1ncc(C2C=CC=CC2)c2ccccc12. The third kappa shape index (κ3) is 1.72. The summed E-state index contributed by atoms with van der Waals surface area (Å²) in [6.45, 7) is 0. The molecule has 0 aliphatic heterocycles. The van der Waals surface area contributed by atoms with Crippen molar-refractivity contribution >= 4 is 10.8 Å². The molecule has 1 aromatic heterocycles. The molecule has 2 heteroatoms. The van der Waals surface area contributed by atoms with Crippen molar-refractivity contribution in [2.75, 3.05) is 0 Å². The second-order valence-electron chi connectivity index (χ2n) is 4.24. The average molecular weight is 223 g/mol. The van der Waals surface area contributed by atoms with Gasteiger partial charge in [-0.2, -0.15) is 0 Å². The molecule has 0 amide bonds. The van der Waals surface area contributed by atoms with Crippen LogP contribution in [0.15, 0.2) is 54.8 Å². The molecular formula is C15H13NO. The van der Waals surface area contributed by atoms with Gasteiger partial charge in [0.25, 0.3) is 0 Å². The van der Waals surface area contributed by atoms with Crippen molar-refractivity contribution in [1.82, 2.24) is 4.98 Å². The number of aromatic nitrogens is 1. The van der Waals surface area contributed by atoms with Crippen molar-refractivity contribution < 1.29 is 5.11 Å². The summed E-state index contributed by atoms with van der Waals surface area (Å²) in [5.74, 6) is 0.470. The first-order valence-electron chi connectivity index (χ1n) is 5.76. The minimum atomic E-state index is 0.111. The van der Waals surface area contributed by atoms with E-state index in [2.05, 4.69) is 29.3 Å². The molecule has 1 N–H and O–H groups in total. The van der Waals surface area contributed by atoms with Gasteiger partial charge in [-0.05, 0) is 23.4 Å². The Hall–Kier alpha value is -2.09. The Labute approximate surface area is 99.9 Å². The number of nitrogens with zero attached hydrogens (tertiary/aromatic N) is 1. The predicted octanol–water partition coefficient (Wildman–Crippen LogP) is 3.54. The number of pyridine rings is 1. The molecule has 0 saturated carbocycles. The Morgan fingerprint density at radius 3 is 2.71 bits per heavy atom. The molecule has 1 aromatic carbocycles. The minimum Gasteiger partial charge on any atom is -0.493 e. The highest BCUT2D eigenvalue weighted by molar-refractivity contribution is 5.89. The lowest BCUT2D eigenvalue weighted by atomic mass is 9.90. The van der Waals surface area contributed by atoms with Crippen molar-refractivity contribution in [3.05, 3.63) is 60.3 Å². The lowest BCUT2D eigenvalue weighted by Crippen LogP contribution is -1.98. The predicted molar refractivity (Wildman–Crippen MR) is 69.0 cm³/mol. The fourth-order valence-corrected chi connectivity index (χ4v) is 2.31. The first-order valence-corrected chi connectivity index (χ1v) is 5.76.